The van der Waals surface area contributed by atoms with Gasteiger partial charge in [-0.15, -0.1) is 0 Å². The van der Waals surface area contributed by atoms with E-state index in [0.29, 0.717) is 13.2 Å². The Hall–Kier alpha value is -1.75. The highest BCUT2D eigenvalue weighted by molar-refractivity contribution is 9.10. The van der Waals surface area contributed by atoms with Crippen LogP contribution in [0.5, 0.6) is 5.75 Å². The molecule has 1 heterocycles. The number of nitrogen functional groups attached to an aromatic ring is 1. The summed E-state index contributed by atoms with van der Waals surface area (Å²) in [5, 5.41) is 3.21. The van der Waals surface area contributed by atoms with Gasteiger partial charge >= 0.3 is 0 Å². The molecule has 0 saturated carbocycles. The molecule has 19 heavy (non-hydrogen) atoms. The van der Waals surface area contributed by atoms with E-state index in [2.05, 4.69) is 26.2 Å². The highest BCUT2D eigenvalue weighted by Gasteiger charge is 2.00. The molecule has 0 atom stereocenters. The van der Waals surface area contributed by atoms with E-state index in [9.17, 15) is 0 Å². The van der Waals surface area contributed by atoms with E-state index < -0.39 is 0 Å². The maximum atomic E-state index is 5.60. The van der Waals surface area contributed by atoms with Crippen molar-refractivity contribution in [3.63, 3.8) is 0 Å². The smallest absolute Gasteiger partial charge is 0.140 e. The number of rotatable bonds is 5. The zero-order valence-electron chi connectivity index (χ0n) is 10.7. The fraction of sp³-hybridized carbons (Fsp3) is 0.214. The molecule has 2 aromatic rings. The second-order valence-electron chi connectivity index (χ2n) is 4.19. The van der Waals surface area contributed by atoms with Crippen LogP contribution >= 0.6 is 15.9 Å². The van der Waals surface area contributed by atoms with Gasteiger partial charge in [0, 0.05) is 11.9 Å². The summed E-state index contributed by atoms with van der Waals surface area (Å²) in [6.07, 6.45) is 1.83. The molecular weight excluding hydrogens is 306 g/mol. The minimum atomic E-state index is 0.561. The Bertz CT molecular complexity index is 543. The predicted molar refractivity (Wildman–Crippen MR) is 81.5 cm³/mol. The molecule has 0 fully saturated rings. The topological polar surface area (TPSA) is 60.2 Å². The molecule has 1 aromatic heterocycles. The van der Waals surface area contributed by atoms with Crippen molar-refractivity contribution in [3.05, 3.63) is 46.6 Å². The Morgan fingerprint density at radius 1 is 1.32 bits per heavy atom. The maximum absolute atomic E-state index is 5.60. The number of hydrogen-bond donors (Lipinski definition) is 2. The van der Waals surface area contributed by atoms with E-state index in [1.54, 1.807) is 0 Å². The number of ether oxygens (including phenoxy) is 1. The summed E-state index contributed by atoms with van der Waals surface area (Å²) >= 11 is 3.47. The highest BCUT2D eigenvalue weighted by Crippen LogP contribution is 2.20. The van der Waals surface area contributed by atoms with Gasteiger partial charge in [0.2, 0.25) is 0 Å². The number of aryl methyl sites for hydroxylation is 1. The summed E-state index contributed by atoms with van der Waals surface area (Å²) in [6.45, 7) is 3.25. The number of hydrogen-bond acceptors (Lipinski definition) is 4. The molecule has 0 radical (unpaired) electrons. The van der Waals surface area contributed by atoms with Crippen molar-refractivity contribution in [2.24, 2.45) is 0 Å². The van der Waals surface area contributed by atoms with Crippen molar-refractivity contribution < 1.29 is 4.74 Å². The van der Waals surface area contributed by atoms with E-state index in [-0.39, 0.29) is 0 Å². The fourth-order valence-corrected chi connectivity index (χ4v) is 2.17. The van der Waals surface area contributed by atoms with Crippen LogP contribution in [0.15, 0.2) is 41.0 Å². The summed E-state index contributed by atoms with van der Waals surface area (Å²) in [5.41, 5.74) is 7.46. The summed E-state index contributed by atoms with van der Waals surface area (Å²) < 4.78 is 6.54. The third-order valence-electron chi connectivity index (χ3n) is 2.52. The largest absolute Gasteiger partial charge is 0.492 e. The Labute approximate surface area is 121 Å². The van der Waals surface area contributed by atoms with Crippen LogP contribution in [0.1, 0.15) is 5.56 Å². The van der Waals surface area contributed by atoms with Gasteiger partial charge in [0.25, 0.3) is 0 Å². The predicted octanol–water partition coefficient (Wildman–Crippen LogP) is 3.23. The second-order valence-corrected chi connectivity index (χ2v) is 5.04. The van der Waals surface area contributed by atoms with Crippen molar-refractivity contribution in [2.45, 2.75) is 6.92 Å². The van der Waals surface area contributed by atoms with Crippen LogP contribution in [-0.4, -0.2) is 18.1 Å². The van der Waals surface area contributed by atoms with Crippen molar-refractivity contribution >= 4 is 27.4 Å². The monoisotopic (exact) mass is 321 g/mol. The maximum Gasteiger partial charge on any atom is 0.140 e. The highest BCUT2D eigenvalue weighted by atomic mass is 79.9. The molecule has 0 aliphatic rings. The van der Waals surface area contributed by atoms with Gasteiger partial charge in [0.1, 0.15) is 18.2 Å². The Balaban J connectivity index is 1.79. The first-order valence-electron chi connectivity index (χ1n) is 5.99. The Morgan fingerprint density at radius 3 is 2.74 bits per heavy atom. The Kier molecular flexibility index (Phi) is 4.63. The quantitative estimate of drug-likeness (QED) is 0.655. The molecule has 0 unspecified atom stereocenters. The number of nitrogens with zero attached hydrogens (tertiary/aromatic N) is 1. The van der Waals surface area contributed by atoms with E-state index in [1.165, 1.54) is 0 Å². The van der Waals surface area contributed by atoms with Crippen LogP contribution in [-0.2, 0) is 0 Å². The molecular formula is C14H16BrN3O. The summed E-state index contributed by atoms with van der Waals surface area (Å²) in [6, 6.07) is 9.38. The minimum absolute atomic E-state index is 0.561. The molecule has 0 aliphatic carbocycles. The lowest BCUT2D eigenvalue weighted by Gasteiger charge is -2.09. The van der Waals surface area contributed by atoms with Crippen molar-refractivity contribution in [1.29, 1.82) is 0 Å². The van der Waals surface area contributed by atoms with Gasteiger partial charge in [-0.25, -0.2) is 4.98 Å². The number of nitrogens with two attached hydrogens (primary N) is 1. The zero-order valence-corrected chi connectivity index (χ0v) is 12.3. The number of benzene rings is 1. The van der Waals surface area contributed by atoms with Gasteiger partial charge in [-0.3, -0.25) is 0 Å². The number of anilines is 2. The number of pyridine rings is 1. The van der Waals surface area contributed by atoms with E-state index in [0.717, 1.165) is 27.3 Å². The fourth-order valence-electron chi connectivity index (χ4n) is 1.57. The average Bonchev–Trinajstić information content (AvgIpc) is 2.39. The lowest BCUT2D eigenvalue weighted by molar-refractivity contribution is 0.333. The van der Waals surface area contributed by atoms with Gasteiger partial charge in [-0.05, 0) is 58.7 Å². The molecule has 2 rings (SSSR count). The number of aromatic nitrogens is 1. The van der Waals surface area contributed by atoms with Gasteiger partial charge in [-0.1, -0.05) is 0 Å². The second kappa shape index (κ2) is 6.43. The van der Waals surface area contributed by atoms with E-state index >= 15 is 0 Å². The van der Waals surface area contributed by atoms with Gasteiger partial charge < -0.3 is 15.8 Å². The normalized spacial score (nSPS) is 10.2. The summed E-state index contributed by atoms with van der Waals surface area (Å²) in [5.74, 6) is 1.64. The Morgan fingerprint density at radius 2 is 2.05 bits per heavy atom. The van der Waals surface area contributed by atoms with Crippen LogP contribution < -0.4 is 15.8 Å². The standard InChI is InChI=1S/C14H16BrN3O/c1-10-8-13(15)14(18-9-10)17-6-7-19-12-4-2-11(16)3-5-12/h2-5,8-9H,6-7,16H2,1H3,(H,17,18). The third kappa shape index (κ3) is 4.13. The SMILES string of the molecule is Cc1cnc(NCCOc2ccc(N)cc2)c(Br)c1. The molecule has 1 aromatic carbocycles. The van der Waals surface area contributed by atoms with E-state index in [1.807, 2.05) is 43.5 Å². The van der Waals surface area contributed by atoms with Crippen LogP contribution in [0.2, 0.25) is 0 Å². The number of nitrogens with one attached hydrogen (secondary N) is 1. The molecule has 0 spiro atoms. The van der Waals surface area contributed by atoms with Crippen LogP contribution in [0.3, 0.4) is 0 Å². The molecule has 4 nitrogen and oxygen atoms in total. The molecule has 0 saturated heterocycles. The molecule has 100 valence electrons. The first-order valence-corrected chi connectivity index (χ1v) is 6.79. The average molecular weight is 322 g/mol. The van der Waals surface area contributed by atoms with E-state index in [4.69, 9.17) is 10.5 Å². The van der Waals surface area contributed by atoms with Crippen molar-refractivity contribution in [3.8, 4) is 5.75 Å². The third-order valence-corrected chi connectivity index (χ3v) is 3.13. The van der Waals surface area contributed by atoms with Gasteiger partial charge in [0.05, 0.1) is 11.0 Å². The minimum Gasteiger partial charge on any atom is -0.492 e. The van der Waals surface area contributed by atoms with Gasteiger partial charge in [0.15, 0.2) is 0 Å². The molecule has 0 amide bonds. The lowest BCUT2D eigenvalue weighted by atomic mass is 10.3. The number of halogens is 1. The molecule has 5 heteroatoms. The zero-order chi connectivity index (χ0) is 13.7. The van der Waals surface area contributed by atoms with Gasteiger partial charge in [-0.2, -0.15) is 0 Å². The van der Waals surface area contributed by atoms with Crippen LogP contribution in [0.4, 0.5) is 11.5 Å². The summed E-state index contributed by atoms with van der Waals surface area (Å²) in [4.78, 5) is 4.30. The first-order chi connectivity index (χ1) is 9.15. The molecule has 0 aliphatic heterocycles. The van der Waals surface area contributed by atoms with Crippen LogP contribution in [0, 0.1) is 6.92 Å². The summed E-state index contributed by atoms with van der Waals surface area (Å²) in [7, 11) is 0. The van der Waals surface area contributed by atoms with Crippen molar-refractivity contribution in [1.82, 2.24) is 4.98 Å². The lowest BCUT2D eigenvalue weighted by Crippen LogP contribution is -2.12. The van der Waals surface area contributed by atoms with Crippen LogP contribution in [0.25, 0.3) is 0 Å². The molecule has 0 bridgehead atoms. The first kappa shape index (κ1) is 13.7. The van der Waals surface area contributed by atoms with Crippen molar-refractivity contribution in [2.75, 3.05) is 24.2 Å². The molecule has 3 N–H and O–H groups in total.